The van der Waals surface area contributed by atoms with Gasteiger partial charge in [0, 0.05) is 38.1 Å². The molecule has 0 unspecified atom stereocenters. The fourth-order valence-corrected chi connectivity index (χ4v) is 3.87. The highest BCUT2D eigenvalue weighted by molar-refractivity contribution is 5.98. The molecule has 0 saturated carbocycles. The standard InChI is InChI=1S/C21H30N2O3.ClH/c22-11-2-14-26-19-9-12-23(13-10-19)21(25)8-7-20(24)18-6-5-16-3-1-4-17(16)15-18;/h5-6,15,19H,1-4,7-14,22H2;1H. The van der Waals surface area contributed by atoms with Gasteiger partial charge in [0.1, 0.15) is 0 Å². The molecule has 0 spiro atoms. The van der Waals surface area contributed by atoms with Gasteiger partial charge in [-0.1, -0.05) is 12.1 Å². The van der Waals surface area contributed by atoms with E-state index < -0.39 is 0 Å². The van der Waals surface area contributed by atoms with E-state index in [0.29, 0.717) is 26.0 Å². The Morgan fingerprint density at radius 1 is 1.11 bits per heavy atom. The Balaban J connectivity index is 0.00000261. The Hall–Kier alpha value is -1.43. The van der Waals surface area contributed by atoms with E-state index in [1.165, 1.54) is 17.5 Å². The summed E-state index contributed by atoms with van der Waals surface area (Å²) in [6, 6.07) is 6.02. The highest BCUT2D eigenvalue weighted by atomic mass is 35.5. The molecule has 1 aliphatic carbocycles. The Morgan fingerprint density at radius 3 is 2.59 bits per heavy atom. The maximum Gasteiger partial charge on any atom is 0.223 e. The van der Waals surface area contributed by atoms with Crippen LogP contribution in [-0.4, -0.2) is 48.9 Å². The minimum Gasteiger partial charge on any atom is -0.378 e. The molecule has 27 heavy (non-hydrogen) atoms. The largest absolute Gasteiger partial charge is 0.378 e. The van der Waals surface area contributed by atoms with Gasteiger partial charge in [-0.15, -0.1) is 12.4 Å². The van der Waals surface area contributed by atoms with Crippen molar-refractivity contribution in [1.29, 1.82) is 0 Å². The second-order valence-electron chi connectivity index (χ2n) is 7.35. The number of benzene rings is 1. The third-order valence-corrected chi connectivity index (χ3v) is 5.48. The topological polar surface area (TPSA) is 72.6 Å². The van der Waals surface area contributed by atoms with Crippen LogP contribution in [0.25, 0.3) is 0 Å². The fraction of sp³-hybridized carbons (Fsp3) is 0.619. The number of likely N-dealkylation sites (tertiary alicyclic amines) is 1. The van der Waals surface area contributed by atoms with Crippen LogP contribution in [0.4, 0.5) is 0 Å². The summed E-state index contributed by atoms with van der Waals surface area (Å²) in [6.45, 7) is 2.79. The Labute approximate surface area is 168 Å². The lowest BCUT2D eigenvalue weighted by atomic mass is 10.0. The monoisotopic (exact) mass is 394 g/mol. The van der Waals surface area contributed by atoms with Crippen LogP contribution >= 0.6 is 12.4 Å². The zero-order chi connectivity index (χ0) is 18.4. The molecular weight excluding hydrogens is 364 g/mol. The first-order valence-corrected chi connectivity index (χ1v) is 9.92. The van der Waals surface area contributed by atoms with Crippen molar-refractivity contribution in [2.45, 2.75) is 57.5 Å². The number of halogens is 1. The molecule has 3 rings (SSSR count). The van der Waals surface area contributed by atoms with E-state index in [4.69, 9.17) is 10.5 Å². The number of nitrogens with two attached hydrogens (primary N) is 1. The van der Waals surface area contributed by atoms with Crippen molar-refractivity contribution in [2.24, 2.45) is 5.73 Å². The quantitative estimate of drug-likeness (QED) is 0.543. The fourth-order valence-electron chi connectivity index (χ4n) is 3.87. The van der Waals surface area contributed by atoms with Gasteiger partial charge in [-0.25, -0.2) is 0 Å². The first kappa shape index (κ1) is 21.9. The molecule has 1 aliphatic heterocycles. The van der Waals surface area contributed by atoms with Crippen molar-refractivity contribution in [3.63, 3.8) is 0 Å². The Bertz CT molecular complexity index is 642. The molecule has 1 aromatic rings. The number of amides is 1. The number of aryl methyl sites for hydroxylation is 2. The summed E-state index contributed by atoms with van der Waals surface area (Å²) in [5, 5.41) is 0. The van der Waals surface area contributed by atoms with Gasteiger partial charge in [0.2, 0.25) is 5.91 Å². The van der Waals surface area contributed by atoms with Gasteiger partial charge in [-0.05, 0) is 62.3 Å². The molecule has 0 atom stereocenters. The van der Waals surface area contributed by atoms with Gasteiger partial charge in [-0.3, -0.25) is 9.59 Å². The van der Waals surface area contributed by atoms with Crippen LogP contribution in [0.2, 0.25) is 0 Å². The van der Waals surface area contributed by atoms with E-state index in [2.05, 4.69) is 6.07 Å². The first-order valence-electron chi connectivity index (χ1n) is 9.92. The van der Waals surface area contributed by atoms with Gasteiger partial charge in [0.15, 0.2) is 5.78 Å². The lowest BCUT2D eigenvalue weighted by Crippen LogP contribution is -2.41. The zero-order valence-corrected chi connectivity index (χ0v) is 16.8. The summed E-state index contributed by atoms with van der Waals surface area (Å²) >= 11 is 0. The maximum absolute atomic E-state index is 12.4. The normalized spacial score (nSPS) is 16.7. The Morgan fingerprint density at radius 2 is 1.85 bits per heavy atom. The smallest absolute Gasteiger partial charge is 0.223 e. The third-order valence-electron chi connectivity index (χ3n) is 5.48. The number of fused-ring (bicyclic) bond motifs is 1. The average Bonchev–Trinajstić information content (AvgIpc) is 3.14. The number of carbonyl (C=O) groups is 2. The van der Waals surface area contributed by atoms with E-state index in [0.717, 1.165) is 50.8 Å². The van der Waals surface area contributed by atoms with Gasteiger partial charge in [-0.2, -0.15) is 0 Å². The summed E-state index contributed by atoms with van der Waals surface area (Å²) in [5.74, 6) is 0.160. The van der Waals surface area contributed by atoms with Crippen molar-refractivity contribution < 1.29 is 14.3 Å². The van der Waals surface area contributed by atoms with Crippen molar-refractivity contribution in [3.05, 3.63) is 34.9 Å². The second kappa shape index (κ2) is 10.8. The molecule has 6 heteroatoms. The number of ketones is 1. The summed E-state index contributed by atoms with van der Waals surface area (Å²) in [4.78, 5) is 26.7. The first-order chi connectivity index (χ1) is 12.7. The lowest BCUT2D eigenvalue weighted by Gasteiger charge is -2.32. The van der Waals surface area contributed by atoms with Crippen LogP contribution in [0.5, 0.6) is 0 Å². The molecule has 2 aliphatic rings. The van der Waals surface area contributed by atoms with E-state index in [1.807, 2.05) is 17.0 Å². The number of nitrogens with zero attached hydrogens (tertiary/aromatic N) is 1. The van der Waals surface area contributed by atoms with Crippen LogP contribution < -0.4 is 5.73 Å². The van der Waals surface area contributed by atoms with Crippen molar-refractivity contribution >= 4 is 24.1 Å². The summed E-state index contributed by atoms with van der Waals surface area (Å²) in [6.07, 6.45) is 6.81. The summed E-state index contributed by atoms with van der Waals surface area (Å²) in [5.41, 5.74) is 8.90. The number of hydrogen-bond donors (Lipinski definition) is 1. The SMILES string of the molecule is Cl.NCCCOC1CCN(C(=O)CCC(=O)c2ccc3c(c2)CCC3)CC1. The predicted molar refractivity (Wildman–Crippen MR) is 109 cm³/mol. The van der Waals surface area contributed by atoms with E-state index >= 15 is 0 Å². The molecule has 0 aromatic heterocycles. The number of hydrogen-bond acceptors (Lipinski definition) is 4. The molecule has 0 bridgehead atoms. The number of piperidine rings is 1. The molecule has 1 aromatic carbocycles. The van der Waals surface area contributed by atoms with E-state index in [9.17, 15) is 9.59 Å². The maximum atomic E-state index is 12.4. The molecule has 1 fully saturated rings. The molecule has 1 heterocycles. The molecule has 1 saturated heterocycles. The summed E-state index contributed by atoms with van der Waals surface area (Å²) in [7, 11) is 0. The minimum atomic E-state index is 0. The van der Waals surface area contributed by atoms with E-state index in [-0.39, 0.29) is 30.2 Å². The number of Topliss-reactive ketones (excluding diaryl/α,β-unsaturated/α-hetero) is 1. The molecule has 150 valence electrons. The zero-order valence-electron chi connectivity index (χ0n) is 16.0. The summed E-state index contributed by atoms with van der Waals surface area (Å²) < 4.78 is 5.77. The average molecular weight is 395 g/mol. The lowest BCUT2D eigenvalue weighted by molar-refractivity contribution is -0.133. The van der Waals surface area contributed by atoms with Crippen molar-refractivity contribution in [3.8, 4) is 0 Å². The highest BCUT2D eigenvalue weighted by Crippen LogP contribution is 2.23. The molecule has 1 amide bonds. The Kier molecular flexibility index (Phi) is 8.74. The predicted octanol–water partition coefficient (Wildman–Crippen LogP) is 2.92. The van der Waals surface area contributed by atoms with Gasteiger partial charge >= 0.3 is 0 Å². The second-order valence-corrected chi connectivity index (χ2v) is 7.35. The van der Waals surface area contributed by atoms with Crippen LogP contribution in [0.1, 0.15) is 60.0 Å². The molecule has 5 nitrogen and oxygen atoms in total. The number of carbonyl (C=O) groups excluding carboxylic acids is 2. The molecule has 2 N–H and O–H groups in total. The van der Waals surface area contributed by atoms with Crippen LogP contribution in [-0.2, 0) is 22.4 Å². The molecular formula is C21H31ClN2O3. The van der Waals surface area contributed by atoms with Gasteiger partial charge < -0.3 is 15.4 Å². The molecule has 0 radical (unpaired) electrons. The van der Waals surface area contributed by atoms with Gasteiger partial charge in [0.25, 0.3) is 0 Å². The minimum absolute atomic E-state index is 0. The number of ether oxygens (including phenoxy) is 1. The highest BCUT2D eigenvalue weighted by Gasteiger charge is 2.23. The van der Waals surface area contributed by atoms with Crippen LogP contribution in [0, 0.1) is 0 Å². The van der Waals surface area contributed by atoms with Crippen LogP contribution in [0.15, 0.2) is 18.2 Å². The number of rotatable bonds is 8. The van der Waals surface area contributed by atoms with Crippen molar-refractivity contribution in [2.75, 3.05) is 26.2 Å². The van der Waals surface area contributed by atoms with Gasteiger partial charge in [0.05, 0.1) is 6.10 Å². The van der Waals surface area contributed by atoms with E-state index in [1.54, 1.807) is 0 Å². The van der Waals surface area contributed by atoms with Crippen LogP contribution in [0.3, 0.4) is 0 Å². The van der Waals surface area contributed by atoms with Crippen molar-refractivity contribution in [1.82, 2.24) is 4.90 Å². The third kappa shape index (κ3) is 6.03.